The molecule has 0 radical (unpaired) electrons. The molecule has 0 aromatic rings. The van der Waals surface area contributed by atoms with E-state index in [1.54, 1.807) is 0 Å². The van der Waals surface area contributed by atoms with Crippen LogP contribution in [0.15, 0.2) is 0 Å². The summed E-state index contributed by atoms with van der Waals surface area (Å²) < 4.78 is 0. The third kappa shape index (κ3) is 3.17. The van der Waals surface area contributed by atoms with Crippen molar-refractivity contribution in [3.8, 4) is 0 Å². The summed E-state index contributed by atoms with van der Waals surface area (Å²) in [6.45, 7) is 1.38. The molecule has 5 nitrogen and oxygen atoms in total. The second-order valence-electron chi connectivity index (χ2n) is 10.3. The van der Waals surface area contributed by atoms with E-state index in [-0.39, 0.29) is 23.1 Å². The number of aliphatic hydroxyl groups is 1. The first-order chi connectivity index (χ1) is 12.4. The predicted molar refractivity (Wildman–Crippen MR) is 97.2 cm³/mol. The summed E-state index contributed by atoms with van der Waals surface area (Å²) in [6.07, 6.45) is 10.8. The minimum atomic E-state index is -0.501. The van der Waals surface area contributed by atoms with Gasteiger partial charge in [-0.25, -0.2) is 0 Å². The van der Waals surface area contributed by atoms with Crippen molar-refractivity contribution in [3.63, 3.8) is 0 Å². The molecule has 4 bridgehead atoms. The Morgan fingerprint density at radius 2 is 1.81 bits per heavy atom. The summed E-state index contributed by atoms with van der Waals surface area (Å²) in [5.41, 5.74) is -0.474. The number of rotatable bonds is 4. The van der Waals surface area contributed by atoms with Gasteiger partial charge in [-0.2, -0.15) is 0 Å². The molecule has 3 atom stereocenters. The van der Waals surface area contributed by atoms with Crippen LogP contribution in [-0.4, -0.2) is 46.6 Å². The maximum Gasteiger partial charge on any atom is 0.225 e. The fourth-order valence-electron chi connectivity index (χ4n) is 7.01. The SMILES string of the molecule is O=C(NC1CC1)[C@H]1CCCN(C(=O)CC23C[C@H]4C[C@@H](CC(O)(C4)C2)C3)C1. The van der Waals surface area contributed by atoms with Crippen LogP contribution in [0.5, 0.6) is 0 Å². The molecule has 0 spiro atoms. The molecule has 1 saturated heterocycles. The summed E-state index contributed by atoms with van der Waals surface area (Å²) >= 11 is 0. The van der Waals surface area contributed by atoms with Crippen molar-refractivity contribution in [3.05, 3.63) is 0 Å². The van der Waals surface area contributed by atoms with Crippen LogP contribution in [0.4, 0.5) is 0 Å². The molecule has 5 aliphatic carbocycles. The van der Waals surface area contributed by atoms with Crippen molar-refractivity contribution in [2.45, 2.75) is 82.3 Å². The molecule has 26 heavy (non-hydrogen) atoms. The van der Waals surface area contributed by atoms with Gasteiger partial charge >= 0.3 is 0 Å². The van der Waals surface area contributed by atoms with Gasteiger partial charge in [0.25, 0.3) is 0 Å². The van der Waals surface area contributed by atoms with Gasteiger partial charge in [-0.3, -0.25) is 9.59 Å². The maximum absolute atomic E-state index is 13.1. The molecule has 1 aliphatic heterocycles. The molecule has 5 heteroatoms. The monoisotopic (exact) mass is 360 g/mol. The third-order valence-electron chi connectivity index (χ3n) is 7.75. The molecule has 6 aliphatic rings. The van der Waals surface area contributed by atoms with Crippen molar-refractivity contribution in [1.82, 2.24) is 10.2 Å². The van der Waals surface area contributed by atoms with Crippen LogP contribution in [0.25, 0.3) is 0 Å². The Bertz CT molecular complexity index is 600. The third-order valence-corrected chi connectivity index (χ3v) is 7.75. The van der Waals surface area contributed by atoms with Gasteiger partial charge < -0.3 is 15.3 Å². The van der Waals surface area contributed by atoms with Crippen molar-refractivity contribution in [2.24, 2.45) is 23.2 Å². The van der Waals surface area contributed by atoms with E-state index in [0.29, 0.717) is 30.8 Å². The lowest BCUT2D eigenvalue weighted by Gasteiger charge is -2.60. The zero-order valence-corrected chi connectivity index (χ0v) is 15.7. The zero-order chi connectivity index (χ0) is 17.9. The van der Waals surface area contributed by atoms with Gasteiger partial charge in [0.05, 0.1) is 11.5 Å². The average molecular weight is 360 g/mol. The Balaban J connectivity index is 1.23. The Hall–Kier alpha value is -1.10. The van der Waals surface area contributed by atoms with Crippen molar-refractivity contribution >= 4 is 11.8 Å². The lowest BCUT2D eigenvalue weighted by atomic mass is 9.47. The molecule has 5 saturated carbocycles. The first kappa shape index (κ1) is 17.0. The highest BCUT2D eigenvalue weighted by Gasteiger charge is 2.57. The van der Waals surface area contributed by atoms with Crippen LogP contribution in [0.3, 0.4) is 0 Å². The standard InChI is InChI=1S/C21H32N2O3/c24-18(23-5-1-2-16(12-23)19(25)22-17-3-4-17)11-20-7-14-6-15(8-20)10-21(26,9-14)13-20/h14-17,26H,1-13H2,(H,22,25)/t14-,15-,16+,20?,21?/m1/s1. The van der Waals surface area contributed by atoms with Crippen LogP contribution >= 0.6 is 0 Å². The van der Waals surface area contributed by atoms with Gasteiger partial charge in [-0.15, -0.1) is 0 Å². The van der Waals surface area contributed by atoms with Gasteiger partial charge in [-0.1, -0.05) is 0 Å². The molecule has 2 amide bonds. The van der Waals surface area contributed by atoms with Gasteiger partial charge in [0, 0.05) is 25.6 Å². The van der Waals surface area contributed by atoms with E-state index in [1.165, 1.54) is 6.42 Å². The molecule has 0 unspecified atom stereocenters. The second kappa shape index (κ2) is 5.95. The van der Waals surface area contributed by atoms with Crippen LogP contribution in [-0.2, 0) is 9.59 Å². The Labute approximate surface area is 155 Å². The highest BCUT2D eigenvalue weighted by molar-refractivity contribution is 5.82. The Morgan fingerprint density at radius 3 is 2.46 bits per heavy atom. The first-order valence-corrected chi connectivity index (χ1v) is 10.7. The number of hydrogen-bond acceptors (Lipinski definition) is 3. The normalized spacial score (nSPS) is 44.2. The Kier molecular flexibility index (Phi) is 3.90. The van der Waals surface area contributed by atoms with E-state index in [2.05, 4.69) is 5.32 Å². The number of nitrogens with zero attached hydrogens (tertiary/aromatic N) is 1. The Morgan fingerprint density at radius 1 is 1.08 bits per heavy atom. The highest BCUT2D eigenvalue weighted by atomic mass is 16.3. The summed E-state index contributed by atoms with van der Waals surface area (Å²) in [4.78, 5) is 27.4. The van der Waals surface area contributed by atoms with Crippen molar-refractivity contribution < 1.29 is 14.7 Å². The van der Waals surface area contributed by atoms with E-state index >= 15 is 0 Å². The summed E-state index contributed by atoms with van der Waals surface area (Å²) in [5, 5.41) is 14.0. The number of carbonyl (C=O) groups excluding carboxylic acids is 2. The molecular weight excluding hydrogens is 328 g/mol. The number of hydrogen-bond donors (Lipinski definition) is 2. The fourth-order valence-corrected chi connectivity index (χ4v) is 7.01. The average Bonchev–Trinajstić information content (AvgIpc) is 3.36. The van der Waals surface area contributed by atoms with Crippen LogP contribution in [0.1, 0.15) is 70.6 Å². The van der Waals surface area contributed by atoms with E-state index in [1.807, 2.05) is 4.90 Å². The summed E-state index contributed by atoms with van der Waals surface area (Å²) in [6, 6.07) is 0.390. The van der Waals surface area contributed by atoms with Crippen LogP contribution in [0.2, 0.25) is 0 Å². The molecule has 1 heterocycles. The minimum absolute atomic E-state index is 0.0269. The molecule has 2 N–H and O–H groups in total. The van der Waals surface area contributed by atoms with Crippen LogP contribution < -0.4 is 5.32 Å². The predicted octanol–water partition coefficient (Wildman–Crippen LogP) is 2.22. The molecule has 6 fully saturated rings. The number of likely N-dealkylation sites (tertiary alicyclic amines) is 1. The largest absolute Gasteiger partial charge is 0.390 e. The maximum atomic E-state index is 13.1. The molecular formula is C21H32N2O3. The zero-order valence-electron chi connectivity index (χ0n) is 15.7. The van der Waals surface area contributed by atoms with Crippen LogP contribution in [0, 0.1) is 23.2 Å². The van der Waals surface area contributed by atoms with E-state index in [0.717, 1.165) is 64.3 Å². The second-order valence-corrected chi connectivity index (χ2v) is 10.3. The summed E-state index contributed by atoms with van der Waals surface area (Å²) in [7, 11) is 0. The van der Waals surface area contributed by atoms with E-state index < -0.39 is 5.60 Å². The molecule has 144 valence electrons. The van der Waals surface area contributed by atoms with Crippen molar-refractivity contribution in [2.75, 3.05) is 13.1 Å². The fraction of sp³-hybridized carbons (Fsp3) is 0.905. The molecule has 6 rings (SSSR count). The van der Waals surface area contributed by atoms with Gasteiger partial charge in [0.15, 0.2) is 0 Å². The smallest absolute Gasteiger partial charge is 0.225 e. The summed E-state index contributed by atoms with van der Waals surface area (Å²) in [5.74, 6) is 1.57. The first-order valence-electron chi connectivity index (χ1n) is 10.7. The molecule has 0 aromatic carbocycles. The minimum Gasteiger partial charge on any atom is -0.390 e. The number of piperidine rings is 1. The molecule has 0 aromatic heterocycles. The highest BCUT2D eigenvalue weighted by Crippen LogP contribution is 2.62. The van der Waals surface area contributed by atoms with Crippen molar-refractivity contribution in [1.29, 1.82) is 0 Å². The topological polar surface area (TPSA) is 69.6 Å². The van der Waals surface area contributed by atoms with E-state index in [9.17, 15) is 14.7 Å². The van der Waals surface area contributed by atoms with Gasteiger partial charge in [-0.05, 0) is 81.5 Å². The van der Waals surface area contributed by atoms with E-state index in [4.69, 9.17) is 0 Å². The lowest BCUT2D eigenvalue weighted by Crippen LogP contribution is -2.57. The quantitative estimate of drug-likeness (QED) is 0.808. The number of amides is 2. The lowest BCUT2D eigenvalue weighted by molar-refractivity contribution is -0.172. The number of nitrogens with one attached hydrogen (secondary N) is 1. The van der Waals surface area contributed by atoms with Gasteiger partial charge in [0.1, 0.15) is 0 Å². The number of carbonyl (C=O) groups is 2. The van der Waals surface area contributed by atoms with Gasteiger partial charge in [0.2, 0.25) is 11.8 Å².